The number of nitro groups is 1. The van der Waals surface area contributed by atoms with Crippen LogP contribution in [-0.4, -0.2) is 33.8 Å². The third kappa shape index (κ3) is 5.07. The number of ether oxygens (including phenoxy) is 1. The molecular weight excluding hydrogens is 298 g/mol. The van der Waals surface area contributed by atoms with Crippen LogP contribution in [0.2, 0.25) is 0 Å². The largest absolute Gasteiger partial charge is 0.478 e. The van der Waals surface area contributed by atoms with Crippen molar-refractivity contribution in [2.24, 2.45) is 5.92 Å². The molecule has 0 aromatic heterocycles. The number of carbonyl (C=O) groups is 2. The van der Waals surface area contributed by atoms with Crippen molar-refractivity contribution >= 4 is 30.3 Å². The van der Waals surface area contributed by atoms with E-state index in [9.17, 15) is 19.7 Å². The van der Waals surface area contributed by atoms with Crippen LogP contribution in [0.4, 0.5) is 5.69 Å². The van der Waals surface area contributed by atoms with E-state index in [2.05, 4.69) is 12.6 Å². The maximum Gasteiger partial charge on any atom is 0.345 e. The van der Waals surface area contributed by atoms with E-state index in [1.165, 1.54) is 24.3 Å². The summed E-state index contributed by atoms with van der Waals surface area (Å²) in [5, 5.41) is 19.6. The van der Waals surface area contributed by atoms with Crippen molar-refractivity contribution in [3.63, 3.8) is 0 Å². The van der Waals surface area contributed by atoms with Gasteiger partial charge in [-0.1, -0.05) is 19.1 Å². The van der Waals surface area contributed by atoms with Crippen LogP contribution < -0.4 is 0 Å². The minimum Gasteiger partial charge on any atom is -0.478 e. The number of aliphatic carboxylic acids is 1. The van der Waals surface area contributed by atoms with Crippen LogP contribution in [0.25, 0.3) is 0 Å². The monoisotopic (exact) mass is 313 g/mol. The number of carboxylic acid groups (broad SMARTS) is 1. The van der Waals surface area contributed by atoms with Gasteiger partial charge in [-0.3, -0.25) is 14.9 Å². The molecule has 0 saturated carbocycles. The molecule has 7 nitrogen and oxygen atoms in total. The molecule has 1 rings (SSSR count). The van der Waals surface area contributed by atoms with Gasteiger partial charge in [0.25, 0.3) is 5.69 Å². The third-order valence-corrected chi connectivity index (χ3v) is 3.33. The van der Waals surface area contributed by atoms with Crippen LogP contribution in [0.3, 0.4) is 0 Å². The molecule has 1 aromatic carbocycles. The van der Waals surface area contributed by atoms with Crippen LogP contribution in [0.5, 0.6) is 0 Å². The average molecular weight is 313 g/mol. The Bertz CT molecular complexity index is 530. The van der Waals surface area contributed by atoms with Gasteiger partial charge in [-0.25, -0.2) is 4.79 Å². The first-order valence-electron chi connectivity index (χ1n) is 6.12. The number of carbonyl (C=O) groups excluding carboxylic acids is 1. The van der Waals surface area contributed by atoms with E-state index in [0.29, 0.717) is 5.56 Å². The minimum absolute atomic E-state index is 0.0572. The van der Waals surface area contributed by atoms with Crippen LogP contribution in [0, 0.1) is 16.0 Å². The molecule has 1 N–H and O–H groups in total. The molecule has 0 aliphatic rings. The molecule has 0 unspecified atom stereocenters. The molecule has 21 heavy (non-hydrogen) atoms. The van der Waals surface area contributed by atoms with Gasteiger partial charge in [0.2, 0.25) is 6.10 Å². The van der Waals surface area contributed by atoms with E-state index in [0.717, 1.165) is 0 Å². The van der Waals surface area contributed by atoms with Gasteiger partial charge in [-0.2, -0.15) is 12.6 Å². The Labute approximate surface area is 126 Å². The summed E-state index contributed by atoms with van der Waals surface area (Å²) in [5.74, 6) is -2.16. The maximum atomic E-state index is 11.6. The van der Waals surface area contributed by atoms with E-state index in [4.69, 9.17) is 9.84 Å². The lowest BCUT2D eigenvalue weighted by Crippen LogP contribution is -2.31. The lowest BCUT2D eigenvalue weighted by Gasteiger charge is -2.16. The zero-order valence-electron chi connectivity index (χ0n) is 11.3. The zero-order chi connectivity index (χ0) is 16.0. The van der Waals surface area contributed by atoms with E-state index in [1.54, 1.807) is 6.92 Å². The normalized spacial score (nSPS) is 13.2. The first kappa shape index (κ1) is 17.0. The van der Waals surface area contributed by atoms with Crippen LogP contribution >= 0.6 is 12.6 Å². The second kappa shape index (κ2) is 7.63. The molecule has 1 aromatic rings. The van der Waals surface area contributed by atoms with Crippen molar-refractivity contribution in [2.75, 3.05) is 5.75 Å². The van der Waals surface area contributed by atoms with Crippen molar-refractivity contribution in [3.8, 4) is 0 Å². The second-order valence-corrected chi connectivity index (χ2v) is 4.84. The minimum atomic E-state index is -1.33. The predicted octanol–water partition coefficient (Wildman–Crippen LogP) is 1.70. The van der Waals surface area contributed by atoms with Crippen molar-refractivity contribution in [1.29, 1.82) is 0 Å². The number of nitrogens with zero attached hydrogens (tertiary/aromatic N) is 1. The van der Waals surface area contributed by atoms with E-state index >= 15 is 0 Å². The number of hydrogen-bond acceptors (Lipinski definition) is 6. The average Bonchev–Trinajstić information content (AvgIpc) is 2.45. The molecule has 0 radical (unpaired) electrons. The highest BCUT2D eigenvalue weighted by molar-refractivity contribution is 7.80. The van der Waals surface area contributed by atoms with Crippen molar-refractivity contribution < 1.29 is 24.4 Å². The van der Waals surface area contributed by atoms with Gasteiger partial charge >= 0.3 is 11.9 Å². The highest BCUT2D eigenvalue weighted by Gasteiger charge is 2.25. The van der Waals surface area contributed by atoms with Crippen molar-refractivity contribution in [1.82, 2.24) is 0 Å². The van der Waals surface area contributed by atoms with Gasteiger partial charge in [-0.15, -0.1) is 0 Å². The van der Waals surface area contributed by atoms with E-state index < -0.39 is 28.9 Å². The van der Waals surface area contributed by atoms with Gasteiger partial charge in [0.05, 0.1) is 10.8 Å². The van der Waals surface area contributed by atoms with Crippen LogP contribution in [0.1, 0.15) is 12.5 Å². The first-order chi connectivity index (χ1) is 9.85. The molecular formula is C13H15NO6S. The Morgan fingerprint density at radius 3 is 2.38 bits per heavy atom. The lowest BCUT2D eigenvalue weighted by atomic mass is 10.1. The predicted molar refractivity (Wildman–Crippen MR) is 77.3 cm³/mol. The highest BCUT2D eigenvalue weighted by Crippen LogP contribution is 2.15. The van der Waals surface area contributed by atoms with Crippen LogP contribution in [-0.2, 0) is 20.7 Å². The number of carboxylic acids is 1. The summed E-state index contributed by atoms with van der Waals surface area (Å²) in [5.41, 5.74) is 0.436. The Hall–Kier alpha value is -2.09. The molecule has 0 spiro atoms. The zero-order valence-corrected chi connectivity index (χ0v) is 12.2. The van der Waals surface area contributed by atoms with Crippen molar-refractivity contribution in [3.05, 3.63) is 39.9 Å². The summed E-state index contributed by atoms with van der Waals surface area (Å²) in [6, 6.07) is 5.41. The van der Waals surface area contributed by atoms with Gasteiger partial charge < -0.3 is 9.84 Å². The lowest BCUT2D eigenvalue weighted by molar-refractivity contribution is -0.384. The van der Waals surface area contributed by atoms with Gasteiger partial charge in [0.1, 0.15) is 0 Å². The standard InChI is InChI=1S/C13H15NO6S/c1-8(7-21)13(17)20-11(12(15)16)6-9-2-4-10(5-3-9)14(18)19/h2-5,8,11,21H,6-7H2,1H3,(H,15,16)/t8-,11+/m1/s1. The first-order valence-corrected chi connectivity index (χ1v) is 6.76. The Morgan fingerprint density at radius 1 is 1.38 bits per heavy atom. The molecule has 0 saturated heterocycles. The van der Waals surface area contributed by atoms with Crippen molar-refractivity contribution in [2.45, 2.75) is 19.4 Å². The molecule has 0 aliphatic heterocycles. The van der Waals surface area contributed by atoms with Gasteiger partial charge in [-0.05, 0) is 5.56 Å². The highest BCUT2D eigenvalue weighted by atomic mass is 32.1. The molecule has 0 heterocycles. The smallest absolute Gasteiger partial charge is 0.345 e. The number of rotatable bonds is 7. The Morgan fingerprint density at radius 2 is 1.95 bits per heavy atom. The fourth-order valence-corrected chi connectivity index (χ4v) is 1.63. The maximum absolute atomic E-state index is 11.6. The number of esters is 1. The Balaban J connectivity index is 2.77. The summed E-state index contributed by atoms with van der Waals surface area (Å²) < 4.78 is 4.92. The summed E-state index contributed by atoms with van der Waals surface area (Å²) in [6.07, 6.45) is -1.39. The fraction of sp³-hybridized carbons (Fsp3) is 0.385. The summed E-state index contributed by atoms with van der Waals surface area (Å²) >= 11 is 3.95. The molecule has 0 fully saturated rings. The summed E-state index contributed by atoms with van der Waals surface area (Å²) in [4.78, 5) is 32.7. The SMILES string of the molecule is C[C@H](CS)C(=O)O[C@@H](Cc1ccc([N+](=O)[O-])cc1)C(=O)O. The number of nitro benzene ring substituents is 1. The van der Waals surface area contributed by atoms with Gasteiger partial charge in [0.15, 0.2) is 0 Å². The van der Waals surface area contributed by atoms with E-state index in [1.807, 2.05) is 0 Å². The molecule has 0 aliphatic carbocycles. The number of thiol groups is 1. The summed E-state index contributed by atoms with van der Waals surface area (Å²) in [6.45, 7) is 1.58. The molecule has 2 atom stereocenters. The van der Waals surface area contributed by atoms with Crippen LogP contribution in [0.15, 0.2) is 24.3 Å². The number of benzene rings is 1. The Kier molecular flexibility index (Phi) is 6.16. The fourth-order valence-electron chi connectivity index (χ4n) is 1.48. The molecule has 8 heteroatoms. The number of hydrogen-bond donors (Lipinski definition) is 2. The molecule has 0 bridgehead atoms. The topological polar surface area (TPSA) is 107 Å². The summed E-state index contributed by atoms with van der Waals surface area (Å²) in [7, 11) is 0. The third-order valence-electron chi connectivity index (χ3n) is 2.78. The van der Waals surface area contributed by atoms with E-state index in [-0.39, 0.29) is 17.9 Å². The second-order valence-electron chi connectivity index (χ2n) is 4.48. The van der Waals surface area contributed by atoms with Gasteiger partial charge in [0, 0.05) is 24.3 Å². The quantitative estimate of drug-likeness (QED) is 0.343. The molecule has 114 valence electrons. The number of non-ortho nitro benzene ring substituents is 1. The molecule has 0 amide bonds.